The molecule has 0 aliphatic carbocycles. The van der Waals surface area contributed by atoms with Crippen molar-refractivity contribution in [2.24, 2.45) is 5.73 Å². The molecule has 4 nitrogen and oxygen atoms in total. The molecule has 92 valence electrons. The average Bonchev–Trinajstić information content (AvgIpc) is 2.18. The molecular weight excluding hydrogens is 286 g/mol. The van der Waals surface area contributed by atoms with E-state index in [4.69, 9.17) is 10.5 Å². The Labute approximate surface area is 108 Å². The molecule has 0 bridgehead atoms. The Hall–Kier alpha value is -1.07. The molecule has 17 heavy (non-hydrogen) atoms. The molecule has 0 saturated carbocycles. The van der Waals surface area contributed by atoms with E-state index in [-0.39, 0.29) is 6.42 Å². The van der Waals surface area contributed by atoms with E-state index in [9.17, 15) is 9.90 Å². The molecule has 0 amide bonds. The fraction of sp³-hybridized carbons (Fsp3) is 0.417. The van der Waals surface area contributed by atoms with Crippen molar-refractivity contribution in [2.75, 3.05) is 0 Å². The normalized spacial score (nSPS) is 25.9. The van der Waals surface area contributed by atoms with Gasteiger partial charge >= 0.3 is 5.97 Å². The van der Waals surface area contributed by atoms with E-state index in [1.54, 1.807) is 12.1 Å². The van der Waals surface area contributed by atoms with Gasteiger partial charge in [-0.2, -0.15) is 0 Å². The van der Waals surface area contributed by atoms with Gasteiger partial charge in [0.2, 0.25) is 0 Å². The predicted octanol–water partition coefficient (Wildman–Crippen LogP) is 2.25. The third kappa shape index (κ3) is 2.05. The molecule has 0 unspecified atom stereocenters. The molecule has 0 saturated heterocycles. The van der Waals surface area contributed by atoms with Crippen LogP contribution in [0.1, 0.15) is 25.8 Å². The lowest BCUT2D eigenvalue weighted by atomic mass is 9.78. The largest absolute Gasteiger partial charge is 0.487 e. The first kappa shape index (κ1) is 12.4. The molecular formula is C12H14BrNO3. The fourth-order valence-electron chi connectivity index (χ4n) is 2.23. The van der Waals surface area contributed by atoms with Gasteiger partial charge in [0.1, 0.15) is 16.9 Å². The molecule has 0 fully saturated rings. The van der Waals surface area contributed by atoms with E-state index in [0.29, 0.717) is 11.3 Å². The summed E-state index contributed by atoms with van der Waals surface area (Å²) in [5.41, 5.74) is 4.58. The van der Waals surface area contributed by atoms with Gasteiger partial charge in [0, 0.05) is 16.5 Å². The Morgan fingerprint density at radius 1 is 1.53 bits per heavy atom. The number of nitrogens with two attached hydrogens (primary N) is 1. The number of hydrogen-bond acceptors (Lipinski definition) is 3. The van der Waals surface area contributed by atoms with Gasteiger partial charge < -0.3 is 15.6 Å². The van der Waals surface area contributed by atoms with Crippen molar-refractivity contribution < 1.29 is 14.6 Å². The topological polar surface area (TPSA) is 72.6 Å². The van der Waals surface area contributed by atoms with Crippen LogP contribution < -0.4 is 10.5 Å². The van der Waals surface area contributed by atoms with Crippen molar-refractivity contribution in [2.45, 2.75) is 31.4 Å². The third-order valence-corrected chi connectivity index (χ3v) is 3.39. The Balaban J connectivity index is 2.64. The van der Waals surface area contributed by atoms with Gasteiger partial charge in [-0.05, 0) is 32.0 Å². The minimum atomic E-state index is -1.40. The molecule has 5 heteroatoms. The first-order valence-electron chi connectivity index (χ1n) is 5.26. The Bertz CT molecular complexity index is 487. The van der Waals surface area contributed by atoms with E-state index < -0.39 is 17.1 Å². The molecule has 1 aromatic carbocycles. The standard InChI is InChI=1S/C12H14BrNO3/c1-11(2)6-12(14,10(15)16)8-5-7(13)3-4-9(8)17-11/h3-5H,6,14H2,1-2H3,(H,15,16)/t12-/m0/s1. The number of carbonyl (C=O) groups is 1. The summed E-state index contributed by atoms with van der Waals surface area (Å²) in [5.74, 6) is -0.498. The SMILES string of the molecule is CC1(C)C[C@@](N)(C(=O)O)c2cc(Br)ccc2O1. The number of hydrogen-bond donors (Lipinski definition) is 2. The summed E-state index contributed by atoms with van der Waals surface area (Å²) in [6, 6.07) is 5.26. The summed E-state index contributed by atoms with van der Waals surface area (Å²) in [6.07, 6.45) is 0.235. The van der Waals surface area contributed by atoms with E-state index in [1.165, 1.54) is 0 Å². The summed E-state index contributed by atoms with van der Waals surface area (Å²) in [6.45, 7) is 3.67. The average molecular weight is 300 g/mol. The van der Waals surface area contributed by atoms with Crippen molar-refractivity contribution >= 4 is 21.9 Å². The highest BCUT2D eigenvalue weighted by atomic mass is 79.9. The smallest absolute Gasteiger partial charge is 0.328 e. The van der Waals surface area contributed by atoms with Crippen LogP contribution >= 0.6 is 15.9 Å². The first-order valence-corrected chi connectivity index (χ1v) is 6.05. The maximum Gasteiger partial charge on any atom is 0.328 e. The van der Waals surface area contributed by atoms with Gasteiger partial charge in [0.15, 0.2) is 0 Å². The van der Waals surface area contributed by atoms with Gasteiger partial charge in [-0.15, -0.1) is 0 Å². The zero-order chi connectivity index (χ0) is 12.8. The number of halogens is 1. The van der Waals surface area contributed by atoms with E-state index in [0.717, 1.165) is 4.47 Å². The molecule has 1 aliphatic heterocycles. The maximum atomic E-state index is 11.4. The number of carboxylic acid groups (broad SMARTS) is 1. The molecule has 3 N–H and O–H groups in total. The molecule has 0 aromatic heterocycles. The lowest BCUT2D eigenvalue weighted by Gasteiger charge is -2.41. The highest BCUT2D eigenvalue weighted by Crippen LogP contribution is 2.43. The van der Waals surface area contributed by atoms with Crippen molar-refractivity contribution in [3.8, 4) is 5.75 Å². The van der Waals surface area contributed by atoms with Crippen molar-refractivity contribution in [1.29, 1.82) is 0 Å². The van der Waals surface area contributed by atoms with Crippen LogP contribution in [0.2, 0.25) is 0 Å². The second-order valence-electron chi connectivity index (χ2n) is 4.96. The van der Waals surface area contributed by atoms with Gasteiger partial charge in [-0.3, -0.25) is 0 Å². The highest BCUT2D eigenvalue weighted by Gasteiger charge is 2.48. The fourth-order valence-corrected chi connectivity index (χ4v) is 2.59. The van der Waals surface area contributed by atoms with Crippen molar-refractivity contribution in [1.82, 2.24) is 0 Å². The van der Waals surface area contributed by atoms with Crippen LogP contribution in [0.3, 0.4) is 0 Å². The number of ether oxygens (including phenoxy) is 1. The zero-order valence-electron chi connectivity index (χ0n) is 9.66. The van der Waals surface area contributed by atoms with E-state index in [1.807, 2.05) is 19.9 Å². The minimum absolute atomic E-state index is 0.235. The summed E-state index contributed by atoms with van der Waals surface area (Å²) in [4.78, 5) is 11.4. The summed E-state index contributed by atoms with van der Waals surface area (Å²) >= 11 is 3.32. The van der Waals surface area contributed by atoms with Crippen molar-refractivity contribution in [3.63, 3.8) is 0 Å². The van der Waals surface area contributed by atoms with E-state index in [2.05, 4.69) is 15.9 Å². The second kappa shape index (κ2) is 3.71. The van der Waals surface area contributed by atoms with Gasteiger partial charge in [0.05, 0.1) is 0 Å². The summed E-state index contributed by atoms with van der Waals surface area (Å²) in [7, 11) is 0. The number of rotatable bonds is 1. The number of aliphatic carboxylic acids is 1. The Kier molecular flexibility index (Phi) is 2.71. The second-order valence-corrected chi connectivity index (χ2v) is 5.87. The van der Waals surface area contributed by atoms with Crippen LogP contribution in [0, 0.1) is 0 Å². The third-order valence-electron chi connectivity index (χ3n) is 2.89. The van der Waals surface area contributed by atoms with Gasteiger partial charge in [-0.25, -0.2) is 4.79 Å². The van der Waals surface area contributed by atoms with Crippen LogP contribution in [0.25, 0.3) is 0 Å². The van der Waals surface area contributed by atoms with Crippen LogP contribution in [-0.2, 0) is 10.3 Å². The predicted molar refractivity (Wildman–Crippen MR) is 67.0 cm³/mol. The molecule has 0 spiro atoms. The first-order chi connectivity index (χ1) is 7.74. The maximum absolute atomic E-state index is 11.4. The summed E-state index contributed by atoms with van der Waals surface area (Å²) < 4.78 is 6.54. The number of carboxylic acids is 1. The zero-order valence-corrected chi connectivity index (χ0v) is 11.2. The molecule has 2 rings (SSSR count). The molecule has 1 atom stereocenters. The molecule has 0 radical (unpaired) electrons. The van der Waals surface area contributed by atoms with Crippen LogP contribution in [0.4, 0.5) is 0 Å². The van der Waals surface area contributed by atoms with Crippen LogP contribution in [-0.4, -0.2) is 16.7 Å². The monoisotopic (exact) mass is 299 g/mol. The summed E-state index contributed by atoms with van der Waals surface area (Å²) in [5, 5.41) is 9.37. The van der Waals surface area contributed by atoms with Crippen LogP contribution in [0.5, 0.6) is 5.75 Å². The number of benzene rings is 1. The quantitative estimate of drug-likeness (QED) is 0.834. The van der Waals surface area contributed by atoms with Gasteiger partial charge in [0.25, 0.3) is 0 Å². The van der Waals surface area contributed by atoms with Crippen LogP contribution in [0.15, 0.2) is 22.7 Å². The Morgan fingerprint density at radius 3 is 2.76 bits per heavy atom. The Morgan fingerprint density at radius 2 is 2.18 bits per heavy atom. The molecule has 1 heterocycles. The minimum Gasteiger partial charge on any atom is -0.487 e. The molecule has 1 aromatic rings. The molecule has 1 aliphatic rings. The number of fused-ring (bicyclic) bond motifs is 1. The lowest BCUT2D eigenvalue weighted by Crippen LogP contribution is -2.54. The highest BCUT2D eigenvalue weighted by molar-refractivity contribution is 9.10. The van der Waals surface area contributed by atoms with Gasteiger partial charge in [-0.1, -0.05) is 15.9 Å². The van der Waals surface area contributed by atoms with E-state index >= 15 is 0 Å². The lowest BCUT2D eigenvalue weighted by molar-refractivity contribution is -0.147. The van der Waals surface area contributed by atoms with Crippen molar-refractivity contribution in [3.05, 3.63) is 28.2 Å².